The Hall–Kier alpha value is -2.04. The van der Waals surface area contributed by atoms with Crippen LogP contribution in [-0.4, -0.2) is 43.4 Å². The molecule has 0 atom stereocenters. The van der Waals surface area contributed by atoms with Crippen molar-refractivity contribution in [1.29, 1.82) is 0 Å². The lowest BCUT2D eigenvalue weighted by Crippen LogP contribution is -2.32. The number of nitrogens with one attached hydrogen (secondary N) is 2. The molecule has 0 saturated heterocycles. The summed E-state index contributed by atoms with van der Waals surface area (Å²) >= 11 is 0. The third-order valence-electron chi connectivity index (χ3n) is 3.15. The number of rotatable bonds is 7. The monoisotopic (exact) mass is 461 g/mol. The number of methoxy groups -OCH3 is 1. The van der Waals surface area contributed by atoms with Crippen LogP contribution in [0.2, 0.25) is 0 Å². The van der Waals surface area contributed by atoms with Gasteiger partial charge in [-0.1, -0.05) is 5.16 Å². The van der Waals surface area contributed by atoms with E-state index < -0.39 is 0 Å². The van der Waals surface area contributed by atoms with Crippen molar-refractivity contribution in [3.05, 3.63) is 29.9 Å². The predicted octanol–water partition coefficient (Wildman–Crippen LogP) is 2.63. The van der Waals surface area contributed by atoms with Crippen molar-refractivity contribution in [2.24, 2.45) is 4.99 Å². The Bertz CT molecular complexity index is 690. The fourth-order valence-corrected chi connectivity index (χ4v) is 2.07. The van der Waals surface area contributed by atoms with Gasteiger partial charge in [-0.2, -0.15) is 4.98 Å². The van der Waals surface area contributed by atoms with Gasteiger partial charge in [-0.05, 0) is 26.0 Å². The average molecular weight is 461 g/mol. The molecule has 25 heavy (non-hydrogen) atoms. The van der Waals surface area contributed by atoms with Gasteiger partial charge in [0.15, 0.2) is 23.3 Å². The highest BCUT2D eigenvalue weighted by Crippen LogP contribution is 2.30. The number of benzene rings is 1. The summed E-state index contributed by atoms with van der Waals surface area (Å²) in [6, 6.07) is 5.63. The van der Waals surface area contributed by atoms with Crippen LogP contribution in [0, 0.1) is 6.92 Å². The van der Waals surface area contributed by atoms with E-state index in [-0.39, 0.29) is 24.0 Å². The second kappa shape index (κ2) is 10.7. The zero-order chi connectivity index (χ0) is 17.4. The summed E-state index contributed by atoms with van der Waals surface area (Å²) in [5, 5.41) is 10.2. The van der Waals surface area contributed by atoms with Gasteiger partial charge >= 0.3 is 0 Å². The molecule has 0 saturated carbocycles. The smallest absolute Gasteiger partial charge is 0.228 e. The molecule has 0 fully saturated rings. The number of hydrogen-bond donors (Lipinski definition) is 2. The van der Waals surface area contributed by atoms with Crippen LogP contribution >= 0.6 is 24.0 Å². The standard InChI is InChI=1S/C16H23N5O3.HI/c1-5-23-13-7-6-12(10-14(13)22-4)20-16(17-3)18-9-8-15-19-11(2)21-24-15;/h6-7,10H,5,8-9H2,1-4H3,(H2,17,18,20);1H. The van der Waals surface area contributed by atoms with E-state index in [1.165, 1.54) is 0 Å². The first-order chi connectivity index (χ1) is 11.7. The van der Waals surface area contributed by atoms with Gasteiger partial charge in [0.05, 0.1) is 13.7 Å². The third-order valence-corrected chi connectivity index (χ3v) is 3.15. The Balaban J connectivity index is 0.00000312. The Morgan fingerprint density at radius 2 is 2.12 bits per heavy atom. The number of anilines is 1. The molecule has 0 aliphatic rings. The first kappa shape index (κ1) is 21.0. The van der Waals surface area contributed by atoms with Gasteiger partial charge in [0.25, 0.3) is 0 Å². The Morgan fingerprint density at radius 1 is 1.32 bits per heavy atom. The summed E-state index contributed by atoms with van der Waals surface area (Å²) in [6.07, 6.45) is 0.619. The lowest BCUT2D eigenvalue weighted by Gasteiger charge is -2.14. The second-order valence-electron chi connectivity index (χ2n) is 4.91. The summed E-state index contributed by atoms with van der Waals surface area (Å²) in [5.74, 6) is 3.24. The summed E-state index contributed by atoms with van der Waals surface area (Å²) < 4.78 is 15.9. The van der Waals surface area contributed by atoms with Crippen molar-refractivity contribution in [2.75, 3.05) is 32.6 Å². The normalized spacial score (nSPS) is 10.8. The van der Waals surface area contributed by atoms with Gasteiger partial charge in [0.2, 0.25) is 5.89 Å². The van der Waals surface area contributed by atoms with Gasteiger partial charge in [-0.3, -0.25) is 4.99 Å². The average Bonchev–Trinajstić information content (AvgIpc) is 3.00. The van der Waals surface area contributed by atoms with Gasteiger partial charge in [0, 0.05) is 31.8 Å². The number of nitrogens with zero attached hydrogens (tertiary/aromatic N) is 3. The van der Waals surface area contributed by atoms with Gasteiger partial charge in [-0.15, -0.1) is 24.0 Å². The number of guanidine groups is 1. The highest BCUT2D eigenvalue weighted by atomic mass is 127. The number of aliphatic imine (C=N–C) groups is 1. The van der Waals surface area contributed by atoms with Crippen LogP contribution in [0.4, 0.5) is 5.69 Å². The lowest BCUT2D eigenvalue weighted by molar-refractivity contribution is 0.311. The van der Waals surface area contributed by atoms with Crippen LogP contribution in [0.1, 0.15) is 18.6 Å². The lowest BCUT2D eigenvalue weighted by atomic mass is 10.2. The van der Waals surface area contributed by atoms with Gasteiger partial charge < -0.3 is 24.6 Å². The molecule has 2 N–H and O–H groups in total. The fourth-order valence-electron chi connectivity index (χ4n) is 2.07. The Kier molecular flexibility index (Phi) is 9.03. The Morgan fingerprint density at radius 3 is 2.72 bits per heavy atom. The topological polar surface area (TPSA) is 93.8 Å². The molecule has 0 bridgehead atoms. The summed E-state index contributed by atoms with van der Waals surface area (Å²) in [5.41, 5.74) is 0.844. The van der Waals surface area contributed by atoms with Crippen LogP contribution in [-0.2, 0) is 6.42 Å². The molecule has 0 unspecified atom stereocenters. The maximum absolute atomic E-state index is 5.51. The highest BCUT2D eigenvalue weighted by Gasteiger charge is 2.07. The number of hydrogen-bond acceptors (Lipinski definition) is 6. The van der Waals surface area contributed by atoms with Crippen molar-refractivity contribution in [3.8, 4) is 11.5 Å². The maximum atomic E-state index is 5.51. The number of aromatic nitrogens is 2. The molecule has 0 aliphatic heterocycles. The van der Waals surface area contributed by atoms with E-state index in [0.29, 0.717) is 48.7 Å². The molecule has 9 heteroatoms. The summed E-state index contributed by atoms with van der Waals surface area (Å²) in [6.45, 7) is 4.93. The minimum absolute atomic E-state index is 0. The number of ether oxygens (including phenoxy) is 2. The van der Waals surface area contributed by atoms with Crippen molar-refractivity contribution in [1.82, 2.24) is 15.5 Å². The molecule has 0 amide bonds. The SMILES string of the molecule is CCOc1ccc(NC(=NC)NCCc2nc(C)no2)cc1OC.I. The maximum Gasteiger partial charge on any atom is 0.228 e. The zero-order valence-electron chi connectivity index (χ0n) is 14.8. The van der Waals surface area contributed by atoms with E-state index >= 15 is 0 Å². The molecule has 1 aromatic heterocycles. The van der Waals surface area contributed by atoms with Gasteiger partial charge in [-0.25, -0.2) is 0 Å². The summed E-state index contributed by atoms with van der Waals surface area (Å²) in [7, 11) is 3.32. The van der Waals surface area contributed by atoms with E-state index in [9.17, 15) is 0 Å². The minimum Gasteiger partial charge on any atom is -0.493 e. The predicted molar refractivity (Wildman–Crippen MR) is 107 cm³/mol. The van der Waals surface area contributed by atoms with E-state index in [1.54, 1.807) is 21.1 Å². The van der Waals surface area contributed by atoms with E-state index in [1.807, 2.05) is 25.1 Å². The largest absolute Gasteiger partial charge is 0.493 e. The van der Waals surface area contributed by atoms with Crippen LogP contribution in [0.15, 0.2) is 27.7 Å². The fraction of sp³-hybridized carbons (Fsp3) is 0.438. The number of halogens is 1. The highest BCUT2D eigenvalue weighted by molar-refractivity contribution is 14.0. The first-order valence-corrected chi connectivity index (χ1v) is 7.74. The van der Waals surface area contributed by atoms with E-state index in [2.05, 4.69) is 25.8 Å². The molecule has 1 heterocycles. The third kappa shape index (κ3) is 6.40. The molecular weight excluding hydrogens is 437 g/mol. The molecule has 0 spiro atoms. The Labute approximate surface area is 164 Å². The molecular formula is C16H24IN5O3. The molecule has 2 rings (SSSR count). The van der Waals surface area contributed by atoms with Crippen LogP contribution in [0.3, 0.4) is 0 Å². The zero-order valence-corrected chi connectivity index (χ0v) is 17.2. The van der Waals surface area contributed by atoms with Crippen molar-refractivity contribution in [2.45, 2.75) is 20.3 Å². The van der Waals surface area contributed by atoms with Crippen LogP contribution in [0.5, 0.6) is 11.5 Å². The van der Waals surface area contributed by atoms with Gasteiger partial charge in [0.1, 0.15) is 0 Å². The molecule has 8 nitrogen and oxygen atoms in total. The molecule has 0 aliphatic carbocycles. The second-order valence-corrected chi connectivity index (χ2v) is 4.91. The van der Waals surface area contributed by atoms with Crippen molar-refractivity contribution < 1.29 is 14.0 Å². The minimum atomic E-state index is 0. The quantitative estimate of drug-likeness (QED) is 0.372. The van der Waals surface area contributed by atoms with Crippen molar-refractivity contribution >= 4 is 35.6 Å². The molecule has 138 valence electrons. The van der Waals surface area contributed by atoms with Crippen molar-refractivity contribution in [3.63, 3.8) is 0 Å². The molecule has 0 radical (unpaired) electrons. The van der Waals surface area contributed by atoms with Crippen LogP contribution in [0.25, 0.3) is 0 Å². The van der Waals surface area contributed by atoms with Crippen LogP contribution < -0.4 is 20.1 Å². The molecule has 2 aromatic rings. The number of aryl methyl sites for hydroxylation is 1. The summed E-state index contributed by atoms with van der Waals surface area (Å²) in [4.78, 5) is 8.35. The van der Waals surface area contributed by atoms with E-state index in [4.69, 9.17) is 14.0 Å². The van der Waals surface area contributed by atoms with E-state index in [0.717, 1.165) is 5.69 Å². The molecule has 1 aromatic carbocycles. The first-order valence-electron chi connectivity index (χ1n) is 7.74.